The maximum absolute atomic E-state index is 11.5. The van der Waals surface area contributed by atoms with E-state index in [2.05, 4.69) is 0 Å². The van der Waals surface area contributed by atoms with E-state index in [-0.39, 0.29) is 12.3 Å². The highest BCUT2D eigenvalue weighted by Crippen LogP contribution is 2.16. The second-order valence-electron chi connectivity index (χ2n) is 4.12. The molecular weight excluding hydrogens is 296 g/mol. The summed E-state index contributed by atoms with van der Waals surface area (Å²) in [5, 5.41) is 16.4. The number of ether oxygens (including phenoxy) is 2. The van der Waals surface area contributed by atoms with Gasteiger partial charge in [0.1, 0.15) is 11.7 Å². The van der Waals surface area contributed by atoms with E-state index in [0.29, 0.717) is 10.8 Å². The average Bonchev–Trinajstić information content (AvgIpc) is 2.43. The number of nitriles is 1. The summed E-state index contributed by atoms with van der Waals surface area (Å²) in [4.78, 5) is 23.0. The first-order valence-corrected chi connectivity index (χ1v) is 6.33. The number of rotatable bonds is 7. The molecule has 0 fully saturated rings. The Morgan fingerprint density at radius 1 is 1.43 bits per heavy atom. The molecule has 0 aliphatic rings. The van der Waals surface area contributed by atoms with Gasteiger partial charge in [-0.2, -0.15) is 5.26 Å². The molecule has 1 N–H and O–H groups in total. The smallest absolute Gasteiger partial charge is 0.344 e. The molecule has 1 unspecified atom stereocenters. The fraction of sp³-hybridized carbons (Fsp3) is 0.286. The molecule has 6 nitrogen and oxygen atoms in total. The van der Waals surface area contributed by atoms with Gasteiger partial charge in [0.05, 0.1) is 6.07 Å². The molecule has 0 bridgehead atoms. The Labute approximate surface area is 126 Å². The summed E-state index contributed by atoms with van der Waals surface area (Å²) in [6, 6.07) is 8.15. The topological polar surface area (TPSA) is 100 Å². The Morgan fingerprint density at radius 2 is 2.14 bits per heavy atom. The lowest BCUT2D eigenvalue weighted by atomic mass is 10.0. The van der Waals surface area contributed by atoms with Crippen LogP contribution in [0.15, 0.2) is 24.3 Å². The summed E-state index contributed by atoms with van der Waals surface area (Å²) >= 11 is 5.75. The minimum absolute atomic E-state index is 0.0891. The maximum Gasteiger partial charge on any atom is 0.344 e. The van der Waals surface area contributed by atoms with Crippen molar-refractivity contribution in [2.75, 3.05) is 13.2 Å². The molecule has 0 spiro atoms. The molecule has 7 heteroatoms. The molecule has 1 aromatic rings. The number of hydrogen-bond acceptors (Lipinski definition) is 6. The molecule has 0 aromatic heterocycles. The normalized spacial score (nSPS) is 11.1. The Bertz CT molecular complexity index is 595. The van der Waals surface area contributed by atoms with Gasteiger partial charge in [-0.25, -0.2) is 4.79 Å². The van der Waals surface area contributed by atoms with Crippen molar-refractivity contribution in [1.29, 1.82) is 10.7 Å². The Balaban J connectivity index is 2.40. The number of benzene rings is 1. The van der Waals surface area contributed by atoms with Crippen molar-refractivity contribution < 1.29 is 19.1 Å². The number of halogens is 1. The van der Waals surface area contributed by atoms with Gasteiger partial charge in [-0.1, -0.05) is 17.7 Å². The number of carbonyl (C=O) groups excluding carboxylic acids is 2. The number of ketones is 1. The molecule has 1 aromatic carbocycles. The predicted molar refractivity (Wildman–Crippen MR) is 75.4 cm³/mol. The van der Waals surface area contributed by atoms with Crippen LogP contribution in [0.1, 0.15) is 6.92 Å². The standard InChI is InChI=1S/C14H13ClN2O4/c1-9(17)12(6-16)13(18)7-21-14(19)8-20-11-4-2-3-10(15)5-11/h2-5,12,17H,7-8H2,1H3. The molecule has 21 heavy (non-hydrogen) atoms. The third kappa shape index (κ3) is 5.63. The van der Waals surface area contributed by atoms with E-state index in [1.807, 2.05) is 0 Å². The number of esters is 1. The lowest BCUT2D eigenvalue weighted by molar-refractivity contribution is -0.150. The van der Waals surface area contributed by atoms with Gasteiger partial charge in [0.15, 0.2) is 19.0 Å². The first kappa shape index (κ1) is 16.7. The van der Waals surface area contributed by atoms with Crippen molar-refractivity contribution in [3.05, 3.63) is 29.3 Å². The summed E-state index contributed by atoms with van der Waals surface area (Å²) in [6.45, 7) is 0.399. The summed E-state index contributed by atoms with van der Waals surface area (Å²) in [7, 11) is 0. The molecule has 0 heterocycles. The van der Waals surface area contributed by atoms with Gasteiger partial charge in [0.25, 0.3) is 0 Å². The van der Waals surface area contributed by atoms with Gasteiger partial charge in [-0.3, -0.25) is 4.79 Å². The number of Topliss-reactive ketones (excluding diaryl/α,β-unsaturated/α-hetero) is 1. The van der Waals surface area contributed by atoms with Crippen molar-refractivity contribution in [3.8, 4) is 11.8 Å². The highest BCUT2D eigenvalue weighted by molar-refractivity contribution is 6.30. The van der Waals surface area contributed by atoms with Gasteiger partial charge in [-0.05, 0) is 25.1 Å². The maximum atomic E-state index is 11.5. The van der Waals surface area contributed by atoms with Crippen LogP contribution in [-0.2, 0) is 14.3 Å². The van der Waals surface area contributed by atoms with E-state index in [0.717, 1.165) is 0 Å². The van der Waals surface area contributed by atoms with Gasteiger partial charge in [0, 0.05) is 10.7 Å². The second kappa shape index (κ2) is 8.02. The zero-order valence-electron chi connectivity index (χ0n) is 11.3. The van der Waals surface area contributed by atoms with Gasteiger partial charge < -0.3 is 14.9 Å². The summed E-state index contributed by atoms with van der Waals surface area (Å²) < 4.78 is 9.83. The molecule has 0 aliphatic carbocycles. The van der Waals surface area contributed by atoms with E-state index < -0.39 is 24.3 Å². The Morgan fingerprint density at radius 3 is 2.71 bits per heavy atom. The summed E-state index contributed by atoms with van der Waals surface area (Å²) in [5.41, 5.74) is -0.0891. The molecule has 0 radical (unpaired) electrons. The first-order chi connectivity index (χ1) is 9.93. The van der Waals surface area contributed by atoms with Crippen LogP contribution >= 0.6 is 11.6 Å². The van der Waals surface area contributed by atoms with Crippen LogP contribution in [-0.4, -0.2) is 30.7 Å². The fourth-order valence-electron chi connectivity index (χ4n) is 1.39. The first-order valence-electron chi connectivity index (χ1n) is 5.95. The quantitative estimate of drug-likeness (QED) is 0.613. The minimum atomic E-state index is -1.19. The number of nitrogens with one attached hydrogen (secondary N) is 1. The molecule has 1 rings (SSSR count). The number of carbonyl (C=O) groups is 2. The average molecular weight is 309 g/mol. The molecule has 0 aliphatic heterocycles. The highest BCUT2D eigenvalue weighted by Gasteiger charge is 2.21. The van der Waals surface area contributed by atoms with Crippen molar-refractivity contribution >= 4 is 29.1 Å². The fourth-order valence-corrected chi connectivity index (χ4v) is 1.57. The minimum Gasteiger partial charge on any atom is -0.482 e. The third-order valence-corrected chi connectivity index (χ3v) is 2.65. The molecule has 0 saturated carbocycles. The number of nitrogens with zero attached hydrogens (tertiary/aromatic N) is 1. The van der Waals surface area contributed by atoms with E-state index in [1.54, 1.807) is 24.3 Å². The lowest BCUT2D eigenvalue weighted by Crippen LogP contribution is -2.27. The van der Waals surface area contributed by atoms with Crippen molar-refractivity contribution in [3.63, 3.8) is 0 Å². The van der Waals surface area contributed by atoms with Crippen LogP contribution in [0, 0.1) is 22.7 Å². The predicted octanol–water partition coefficient (Wildman–Crippen LogP) is 2.01. The van der Waals surface area contributed by atoms with E-state index >= 15 is 0 Å². The zero-order valence-corrected chi connectivity index (χ0v) is 12.0. The van der Waals surface area contributed by atoms with Gasteiger partial charge >= 0.3 is 5.97 Å². The van der Waals surface area contributed by atoms with Crippen LogP contribution in [0.5, 0.6) is 5.75 Å². The van der Waals surface area contributed by atoms with E-state index in [4.69, 9.17) is 31.7 Å². The van der Waals surface area contributed by atoms with Crippen molar-refractivity contribution in [2.24, 2.45) is 5.92 Å². The molecule has 110 valence electrons. The number of hydrogen-bond donors (Lipinski definition) is 1. The molecular formula is C14H13ClN2O4. The van der Waals surface area contributed by atoms with Crippen molar-refractivity contribution in [1.82, 2.24) is 0 Å². The summed E-state index contributed by atoms with van der Waals surface area (Å²) in [5.74, 6) is -2.17. The van der Waals surface area contributed by atoms with E-state index in [9.17, 15) is 9.59 Å². The van der Waals surface area contributed by atoms with Crippen LogP contribution in [0.3, 0.4) is 0 Å². The zero-order chi connectivity index (χ0) is 15.8. The monoisotopic (exact) mass is 308 g/mol. The SMILES string of the molecule is CC(=N)C(C#N)C(=O)COC(=O)COc1cccc(Cl)c1. The lowest BCUT2D eigenvalue weighted by Gasteiger charge is -2.08. The Kier molecular flexibility index (Phi) is 6.37. The van der Waals surface area contributed by atoms with Crippen molar-refractivity contribution in [2.45, 2.75) is 6.92 Å². The summed E-state index contributed by atoms with van der Waals surface area (Å²) in [6.07, 6.45) is 0. The third-order valence-electron chi connectivity index (χ3n) is 2.41. The van der Waals surface area contributed by atoms with E-state index in [1.165, 1.54) is 13.0 Å². The Hall–Kier alpha value is -2.39. The molecule has 0 amide bonds. The van der Waals surface area contributed by atoms with Crippen LogP contribution in [0.2, 0.25) is 5.02 Å². The van der Waals surface area contributed by atoms with Gasteiger partial charge in [0.2, 0.25) is 0 Å². The molecule has 0 saturated heterocycles. The van der Waals surface area contributed by atoms with Crippen LogP contribution < -0.4 is 4.74 Å². The van der Waals surface area contributed by atoms with Crippen LogP contribution in [0.4, 0.5) is 0 Å². The highest BCUT2D eigenvalue weighted by atomic mass is 35.5. The van der Waals surface area contributed by atoms with Crippen LogP contribution in [0.25, 0.3) is 0 Å². The largest absolute Gasteiger partial charge is 0.482 e. The molecule has 1 atom stereocenters. The second-order valence-corrected chi connectivity index (χ2v) is 4.55. The van der Waals surface area contributed by atoms with Gasteiger partial charge in [-0.15, -0.1) is 0 Å².